The molecule has 1 atom stereocenters. The molecule has 2 aromatic rings. The summed E-state index contributed by atoms with van der Waals surface area (Å²) < 4.78 is 6.34. The maximum atomic E-state index is 11.6. The number of hydrogen-bond acceptors (Lipinski definition) is 3. The Bertz CT molecular complexity index is 617. The molecule has 4 heteroatoms. The number of carbonyl (C=O) groups excluding carboxylic acids is 1. The van der Waals surface area contributed by atoms with E-state index in [1.165, 1.54) is 27.6 Å². The number of imidazole rings is 1. The second kappa shape index (κ2) is 5.90. The average molecular weight is 272 g/mol. The number of aryl methyl sites for hydroxylation is 1. The zero-order chi connectivity index (χ0) is 14.7. The van der Waals surface area contributed by atoms with Gasteiger partial charge in [-0.3, -0.25) is 0 Å². The highest BCUT2D eigenvalue weighted by Gasteiger charge is 2.16. The van der Waals surface area contributed by atoms with Crippen LogP contribution in [0, 0.1) is 13.8 Å². The van der Waals surface area contributed by atoms with Crippen molar-refractivity contribution < 1.29 is 9.53 Å². The number of carbonyl (C=O) groups is 1. The molecule has 2 rings (SSSR count). The van der Waals surface area contributed by atoms with Crippen molar-refractivity contribution in [1.29, 1.82) is 0 Å². The fraction of sp³-hybridized carbons (Fsp3) is 0.375. The predicted octanol–water partition coefficient (Wildman–Crippen LogP) is 3.66. The van der Waals surface area contributed by atoms with Crippen molar-refractivity contribution in [3.63, 3.8) is 0 Å². The second-order valence-electron chi connectivity index (χ2n) is 4.92. The van der Waals surface area contributed by atoms with Gasteiger partial charge in [-0.1, -0.05) is 25.1 Å². The summed E-state index contributed by atoms with van der Waals surface area (Å²) in [6.45, 7) is 8.46. The summed E-state index contributed by atoms with van der Waals surface area (Å²) in [6.07, 6.45) is 2.86. The first-order valence-corrected chi connectivity index (χ1v) is 6.81. The first-order chi connectivity index (χ1) is 9.54. The van der Waals surface area contributed by atoms with E-state index in [4.69, 9.17) is 4.74 Å². The van der Waals surface area contributed by atoms with Crippen LogP contribution in [0.4, 0.5) is 4.79 Å². The van der Waals surface area contributed by atoms with Crippen LogP contribution in [0.3, 0.4) is 0 Å². The van der Waals surface area contributed by atoms with Gasteiger partial charge in [0.15, 0.2) is 0 Å². The first-order valence-electron chi connectivity index (χ1n) is 6.81. The lowest BCUT2D eigenvalue weighted by atomic mass is 9.92. The summed E-state index contributed by atoms with van der Waals surface area (Å²) in [7, 11) is 0. The Hall–Kier alpha value is -2.10. The Kier molecular flexibility index (Phi) is 4.23. The van der Waals surface area contributed by atoms with Crippen molar-refractivity contribution in [2.45, 2.75) is 33.6 Å². The molecule has 0 spiro atoms. The van der Waals surface area contributed by atoms with E-state index in [9.17, 15) is 4.79 Å². The summed E-state index contributed by atoms with van der Waals surface area (Å²) in [4.78, 5) is 16.0. The summed E-state index contributed by atoms with van der Waals surface area (Å²) in [5, 5.41) is 0. The second-order valence-corrected chi connectivity index (χ2v) is 4.92. The zero-order valence-corrected chi connectivity index (χ0v) is 12.4. The summed E-state index contributed by atoms with van der Waals surface area (Å²) in [5.74, 6) is 0.144. The number of nitrogens with zero attached hydrogens (tertiary/aromatic N) is 2. The molecule has 0 aliphatic heterocycles. The largest absolute Gasteiger partial charge is 0.449 e. The topological polar surface area (TPSA) is 44.1 Å². The quantitative estimate of drug-likeness (QED) is 0.856. The van der Waals surface area contributed by atoms with E-state index in [0.29, 0.717) is 6.61 Å². The third-order valence-electron chi connectivity index (χ3n) is 3.64. The van der Waals surface area contributed by atoms with Crippen molar-refractivity contribution in [3.05, 3.63) is 53.1 Å². The predicted molar refractivity (Wildman–Crippen MR) is 78.1 cm³/mol. The monoisotopic (exact) mass is 272 g/mol. The molecule has 0 aliphatic rings. The van der Waals surface area contributed by atoms with Gasteiger partial charge < -0.3 is 4.74 Å². The van der Waals surface area contributed by atoms with Crippen LogP contribution in [-0.2, 0) is 4.74 Å². The van der Waals surface area contributed by atoms with Gasteiger partial charge in [-0.25, -0.2) is 14.3 Å². The van der Waals surface area contributed by atoms with Gasteiger partial charge in [0.25, 0.3) is 0 Å². The van der Waals surface area contributed by atoms with Gasteiger partial charge >= 0.3 is 6.09 Å². The molecule has 0 saturated heterocycles. The van der Waals surface area contributed by atoms with Crippen LogP contribution in [0.5, 0.6) is 0 Å². The molecular formula is C16H20N2O2. The Morgan fingerprint density at radius 1 is 1.40 bits per heavy atom. The van der Waals surface area contributed by atoms with Gasteiger partial charge in [0.1, 0.15) is 6.33 Å². The molecule has 0 bridgehead atoms. The Morgan fingerprint density at radius 2 is 2.15 bits per heavy atom. The number of aromatic nitrogens is 2. The summed E-state index contributed by atoms with van der Waals surface area (Å²) in [5.41, 5.74) is 4.63. The highest BCUT2D eigenvalue weighted by atomic mass is 16.5. The third kappa shape index (κ3) is 2.74. The van der Waals surface area contributed by atoms with Crippen LogP contribution in [0.15, 0.2) is 30.7 Å². The molecule has 1 heterocycles. The molecule has 4 nitrogen and oxygen atoms in total. The molecule has 1 aromatic carbocycles. The van der Waals surface area contributed by atoms with E-state index < -0.39 is 0 Å². The normalized spacial score (nSPS) is 12.2. The third-order valence-corrected chi connectivity index (χ3v) is 3.64. The lowest BCUT2D eigenvalue weighted by molar-refractivity contribution is 0.154. The molecule has 0 fully saturated rings. The Balaban J connectivity index is 2.28. The standard InChI is InChI=1S/C16H20N2O2/c1-5-20-16(19)18-9-15(17-10-18)13(4)14-8-6-7-11(2)12(14)3/h6-10,13H,5H2,1-4H3/t13-/m0/s1. The van der Waals surface area contributed by atoms with E-state index in [0.717, 1.165) is 5.69 Å². The van der Waals surface area contributed by atoms with Crippen molar-refractivity contribution in [1.82, 2.24) is 9.55 Å². The molecule has 0 amide bonds. The number of hydrogen-bond donors (Lipinski definition) is 0. The molecule has 0 unspecified atom stereocenters. The van der Waals surface area contributed by atoms with Crippen LogP contribution in [-0.4, -0.2) is 22.3 Å². The lowest BCUT2D eigenvalue weighted by Crippen LogP contribution is -2.11. The zero-order valence-electron chi connectivity index (χ0n) is 12.4. The maximum absolute atomic E-state index is 11.6. The van der Waals surface area contributed by atoms with Crippen molar-refractivity contribution in [2.75, 3.05) is 6.61 Å². The van der Waals surface area contributed by atoms with Gasteiger partial charge in [-0.15, -0.1) is 0 Å². The number of ether oxygens (including phenoxy) is 1. The number of benzene rings is 1. The maximum Gasteiger partial charge on any atom is 0.419 e. The van der Waals surface area contributed by atoms with E-state index >= 15 is 0 Å². The fourth-order valence-corrected chi connectivity index (χ4v) is 2.26. The van der Waals surface area contributed by atoms with Gasteiger partial charge in [0.05, 0.1) is 12.3 Å². The molecule has 0 N–H and O–H groups in total. The van der Waals surface area contributed by atoms with Gasteiger partial charge in [0.2, 0.25) is 0 Å². The summed E-state index contributed by atoms with van der Waals surface area (Å²) in [6, 6.07) is 6.26. The van der Waals surface area contributed by atoms with Crippen LogP contribution < -0.4 is 0 Å². The van der Waals surface area contributed by atoms with E-state index in [2.05, 4.69) is 44.0 Å². The summed E-state index contributed by atoms with van der Waals surface area (Å²) >= 11 is 0. The van der Waals surface area contributed by atoms with Gasteiger partial charge in [-0.05, 0) is 37.5 Å². The molecular weight excluding hydrogens is 252 g/mol. The number of rotatable bonds is 3. The van der Waals surface area contributed by atoms with Crippen LogP contribution in [0.25, 0.3) is 0 Å². The fourth-order valence-electron chi connectivity index (χ4n) is 2.26. The first kappa shape index (κ1) is 14.3. The minimum atomic E-state index is -0.389. The van der Waals surface area contributed by atoms with Gasteiger partial charge in [0, 0.05) is 12.1 Å². The average Bonchev–Trinajstić information content (AvgIpc) is 2.91. The molecule has 0 aliphatic carbocycles. The SMILES string of the molecule is CCOC(=O)n1cnc([C@@H](C)c2cccc(C)c2C)c1. The Labute approximate surface area is 119 Å². The highest BCUT2D eigenvalue weighted by molar-refractivity contribution is 5.70. The Morgan fingerprint density at radius 3 is 2.85 bits per heavy atom. The molecule has 0 radical (unpaired) electrons. The van der Waals surface area contributed by atoms with Gasteiger partial charge in [-0.2, -0.15) is 0 Å². The van der Waals surface area contributed by atoms with Crippen molar-refractivity contribution in [3.8, 4) is 0 Å². The smallest absolute Gasteiger partial charge is 0.419 e. The minimum absolute atomic E-state index is 0.144. The van der Waals surface area contributed by atoms with E-state index in [-0.39, 0.29) is 12.0 Å². The molecule has 20 heavy (non-hydrogen) atoms. The minimum Gasteiger partial charge on any atom is -0.449 e. The van der Waals surface area contributed by atoms with Crippen molar-refractivity contribution in [2.24, 2.45) is 0 Å². The van der Waals surface area contributed by atoms with E-state index in [1.807, 2.05) is 0 Å². The van der Waals surface area contributed by atoms with E-state index in [1.54, 1.807) is 13.1 Å². The molecule has 1 aromatic heterocycles. The molecule has 106 valence electrons. The van der Waals surface area contributed by atoms with Crippen molar-refractivity contribution >= 4 is 6.09 Å². The van der Waals surface area contributed by atoms with Crippen LogP contribution >= 0.6 is 0 Å². The lowest BCUT2D eigenvalue weighted by Gasteiger charge is -2.14. The van der Waals surface area contributed by atoms with Crippen LogP contribution in [0.1, 0.15) is 42.1 Å². The highest BCUT2D eigenvalue weighted by Crippen LogP contribution is 2.27. The van der Waals surface area contributed by atoms with Crippen LogP contribution in [0.2, 0.25) is 0 Å². The molecule has 0 saturated carbocycles.